The summed E-state index contributed by atoms with van der Waals surface area (Å²) in [5.41, 5.74) is 1.10. The van der Waals surface area contributed by atoms with E-state index < -0.39 is 0 Å². The zero-order valence-corrected chi connectivity index (χ0v) is 15.2. The van der Waals surface area contributed by atoms with Crippen LogP contribution in [0.25, 0.3) is 0 Å². The maximum atomic E-state index is 13.8. The van der Waals surface area contributed by atoms with Crippen LogP contribution in [0, 0.1) is 5.82 Å². The van der Waals surface area contributed by atoms with Gasteiger partial charge in [-0.1, -0.05) is 33.8 Å². The average molecular weight is 370 g/mol. The Labute approximate surface area is 138 Å². The highest BCUT2D eigenvalue weighted by molar-refractivity contribution is 9.10. The van der Waals surface area contributed by atoms with Crippen molar-refractivity contribution >= 4 is 27.3 Å². The van der Waals surface area contributed by atoms with Gasteiger partial charge in [0, 0.05) is 9.75 Å². The van der Waals surface area contributed by atoms with Gasteiger partial charge in [0.05, 0.1) is 10.5 Å². The van der Waals surface area contributed by atoms with Crippen LogP contribution in [0.3, 0.4) is 0 Å². The van der Waals surface area contributed by atoms with Crippen LogP contribution >= 0.6 is 27.3 Å². The molecule has 0 bridgehead atoms. The fourth-order valence-corrected chi connectivity index (χ4v) is 3.61. The summed E-state index contributed by atoms with van der Waals surface area (Å²) in [5, 5.41) is 3.46. The summed E-state index contributed by atoms with van der Waals surface area (Å²) in [7, 11) is 0. The number of rotatable bonds is 4. The van der Waals surface area contributed by atoms with E-state index in [2.05, 4.69) is 61.1 Å². The molecule has 1 atom stereocenters. The summed E-state index contributed by atoms with van der Waals surface area (Å²) in [5.74, 6) is -0.219. The fraction of sp³-hybridized carbons (Fsp3) is 0.412. The summed E-state index contributed by atoms with van der Waals surface area (Å²) >= 11 is 5.01. The van der Waals surface area contributed by atoms with E-state index in [9.17, 15) is 4.39 Å². The minimum Gasteiger partial charge on any atom is -0.306 e. The molecule has 0 radical (unpaired) electrons. The van der Waals surface area contributed by atoms with Crippen LogP contribution in [0.15, 0.2) is 34.8 Å². The molecule has 21 heavy (non-hydrogen) atoms. The van der Waals surface area contributed by atoms with Gasteiger partial charge in [-0.25, -0.2) is 4.39 Å². The van der Waals surface area contributed by atoms with Crippen molar-refractivity contribution in [1.82, 2.24) is 5.32 Å². The van der Waals surface area contributed by atoms with Crippen LogP contribution in [-0.2, 0) is 5.41 Å². The van der Waals surface area contributed by atoms with Gasteiger partial charge < -0.3 is 5.32 Å². The minimum atomic E-state index is -0.219. The minimum absolute atomic E-state index is 0.0405. The number of hydrogen-bond acceptors (Lipinski definition) is 2. The van der Waals surface area contributed by atoms with Crippen molar-refractivity contribution in [3.05, 3.63) is 55.9 Å². The Kier molecular flexibility index (Phi) is 5.23. The van der Waals surface area contributed by atoms with E-state index in [0.29, 0.717) is 4.47 Å². The molecule has 0 aliphatic heterocycles. The number of benzene rings is 1. The van der Waals surface area contributed by atoms with Gasteiger partial charge >= 0.3 is 0 Å². The largest absolute Gasteiger partial charge is 0.306 e. The van der Waals surface area contributed by atoms with Crippen molar-refractivity contribution in [2.45, 2.75) is 39.2 Å². The van der Waals surface area contributed by atoms with Crippen molar-refractivity contribution in [1.29, 1.82) is 0 Å². The molecule has 0 aliphatic carbocycles. The van der Waals surface area contributed by atoms with Crippen LogP contribution < -0.4 is 5.32 Å². The molecular weight excluding hydrogens is 349 g/mol. The highest BCUT2D eigenvalue weighted by atomic mass is 79.9. The summed E-state index contributed by atoms with van der Waals surface area (Å²) in [6.45, 7) is 9.55. The molecule has 0 amide bonds. The van der Waals surface area contributed by atoms with Gasteiger partial charge in [0.2, 0.25) is 0 Å². The second-order valence-corrected chi connectivity index (χ2v) is 8.09. The SMILES string of the molecule is CCNC(c1ccc(Br)c(F)c1)c1ccc(C(C)(C)C)s1. The van der Waals surface area contributed by atoms with Crippen LogP contribution in [0.2, 0.25) is 0 Å². The van der Waals surface area contributed by atoms with Crippen molar-refractivity contribution in [3.63, 3.8) is 0 Å². The predicted molar refractivity (Wildman–Crippen MR) is 92.6 cm³/mol. The third-order valence-corrected chi connectivity index (χ3v) is 5.55. The Morgan fingerprint density at radius 2 is 1.95 bits per heavy atom. The van der Waals surface area contributed by atoms with Crippen molar-refractivity contribution in [2.75, 3.05) is 6.54 Å². The topological polar surface area (TPSA) is 12.0 Å². The second kappa shape index (κ2) is 6.59. The van der Waals surface area contributed by atoms with Gasteiger partial charge in [0.1, 0.15) is 5.82 Å². The van der Waals surface area contributed by atoms with Crippen molar-refractivity contribution in [2.24, 2.45) is 0 Å². The first-order chi connectivity index (χ1) is 9.82. The van der Waals surface area contributed by atoms with Gasteiger partial charge in [0.15, 0.2) is 0 Å². The van der Waals surface area contributed by atoms with Crippen LogP contribution in [0.5, 0.6) is 0 Å². The van der Waals surface area contributed by atoms with E-state index in [0.717, 1.165) is 12.1 Å². The van der Waals surface area contributed by atoms with E-state index in [4.69, 9.17) is 0 Å². The average Bonchev–Trinajstić information content (AvgIpc) is 2.89. The molecule has 4 heteroatoms. The molecule has 0 fully saturated rings. The Morgan fingerprint density at radius 1 is 1.24 bits per heavy atom. The fourth-order valence-electron chi connectivity index (χ4n) is 2.19. The number of hydrogen-bond donors (Lipinski definition) is 1. The third-order valence-electron chi connectivity index (χ3n) is 3.34. The molecule has 1 aromatic heterocycles. The molecule has 2 aromatic rings. The molecule has 1 heterocycles. The van der Waals surface area contributed by atoms with Crippen LogP contribution in [0.4, 0.5) is 4.39 Å². The zero-order chi connectivity index (χ0) is 15.6. The lowest BCUT2D eigenvalue weighted by molar-refractivity contribution is 0.601. The van der Waals surface area contributed by atoms with Crippen LogP contribution in [0.1, 0.15) is 49.1 Å². The van der Waals surface area contributed by atoms with E-state index in [1.165, 1.54) is 9.75 Å². The monoisotopic (exact) mass is 369 g/mol. The highest BCUT2D eigenvalue weighted by Gasteiger charge is 2.21. The molecule has 0 aliphatic rings. The number of nitrogens with one attached hydrogen (secondary N) is 1. The van der Waals surface area contributed by atoms with E-state index in [1.807, 2.05) is 6.07 Å². The lowest BCUT2D eigenvalue weighted by Gasteiger charge is -2.19. The van der Waals surface area contributed by atoms with Crippen molar-refractivity contribution < 1.29 is 4.39 Å². The van der Waals surface area contributed by atoms with Gasteiger partial charge in [-0.15, -0.1) is 11.3 Å². The Bertz CT molecular complexity index is 615. The lowest BCUT2D eigenvalue weighted by atomic mass is 9.95. The molecule has 114 valence electrons. The zero-order valence-electron chi connectivity index (χ0n) is 12.8. The standard InChI is InChI=1S/C17H21BrFNS/c1-5-20-16(11-6-7-12(18)13(19)10-11)14-8-9-15(21-14)17(2,3)4/h6-10,16,20H,5H2,1-4H3. The second-order valence-electron chi connectivity index (χ2n) is 6.12. The molecular formula is C17H21BrFNS. The summed E-state index contributed by atoms with van der Waals surface area (Å²) in [6.07, 6.45) is 0. The normalized spacial score (nSPS) is 13.4. The summed E-state index contributed by atoms with van der Waals surface area (Å²) < 4.78 is 14.3. The highest BCUT2D eigenvalue weighted by Crippen LogP contribution is 2.35. The summed E-state index contributed by atoms with van der Waals surface area (Å²) in [4.78, 5) is 2.57. The Balaban J connectivity index is 2.38. The first kappa shape index (κ1) is 16.7. The maximum absolute atomic E-state index is 13.8. The molecule has 1 N–H and O–H groups in total. The van der Waals surface area contributed by atoms with Gasteiger partial charge in [-0.3, -0.25) is 0 Å². The summed E-state index contributed by atoms with van der Waals surface area (Å²) in [6, 6.07) is 9.72. The van der Waals surface area contributed by atoms with Gasteiger partial charge in [0.25, 0.3) is 0 Å². The van der Waals surface area contributed by atoms with E-state index >= 15 is 0 Å². The lowest BCUT2D eigenvalue weighted by Crippen LogP contribution is -2.21. The maximum Gasteiger partial charge on any atom is 0.137 e. The quantitative estimate of drug-likeness (QED) is 0.734. The predicted octanol–water partition coefficient (Wildman–Crippen LogP) is 5.65. The number of thiophene rings is 1. The van der Waals surface area contributed by atoms with Gasteiger partial charge in [-0.2, -0.15) is 0 Å². The molecule has 1 unspecified atom stereocenters. The Hall–Kier alpha value is -0.710. The molecule has 1 nitrogen and oxygen atoms in total. The molecule has 1 aromatic carbocycles. The van der Waals surface area contributed by atoms with Crippen molar-refractivity contribution in [3.8, 4) is 0 Å². The van der Waals surface area contributed by atoms with Crippen LogP contribution in [-0.4, -0.2) is 6.54 Å². The van der Waals surface area contributed by atoms with Gasteiger partial charge in [-0.05, 0) is 57.7 Å². The van der Waals surface area contributed by atoms with E-state index in [-0.39, 0.29) is 17.3 Å². The first-order valence-corrected chi connectivity index (χ1v) is 8.72. The number of halogens is 2. The molecule has 2 rings (SSSR count). The smallest absolute Gasteiger partial charge is 0.137 e. The first-order valence-electron chi connectivity index (χ1n) is 7.11. The third kappa shape index (κ3) is 3.93. The molecule has 0 saturated heterocycles. The molecule has 0 spiro atoms. The molecule has 0 saturated carbocycles. The Morgan fingerprint density at radius 3 is 2.48 bits per heavy atom. The van der Waals surface area contributed by atoms with E-state index in [1.54, 1.807) is 23.5 Å².